The molecule has 1 aromatic carbocycles. The van der Waals surface area contributed by atoms with E-state index in [-0.39, 0.29) is 5.69 Å². The highest BCUT2D eigenvalue weighted by molar-refractivity contribution is 9.10. The lowest BCUT2D eigenvalue weighted by atomic mass is 10.2. The molecule has 0 spiro atoms. The molecule has 6 heteroatoms. The highest BCUT2D eigenvalue weighted by Crippen LogP contribution is 2.28. The third-order valence-electron chi connectivity index (χ3n) is 2.30. The van der Waals surface area contributed by atoms with Gasteiger partial charge in [0.15, 0.2) is 12.1 Å². The second-order valence-corrected chi connectivity index (χ2v) is 4.24. The fourth-order valence-electron chi connectivity index (χ4n) is 1.56. The fraction of sp³-hybridized carbons (Fsp3) is 0.0909. The van der Waals surface area contributed by atoms with Crippen LogP contribution in [0.2, 0.25) is 0 Å². The predicted molar refractivity (Wildman–Crippen MR) is 66.2 cm³/mol. The minimum atomic E-state index is -0.462. The molecule has 2 rings (SSSR count). The number of carbonyl (C=O) groups excluding carboxylic acids is 1. The van der Waals surface area contributed by atoms with Gasteiger partial charge in [-0.3, -0.25) is 4.79 Å². The molecule has 0 bridgehead atoms. The van der Waals surface area contributed by atoms with Gasteiger partial charge in [0.25, 0.3) is 0 Å². The van der Waals surface area contributed by atoms with E-state index in [9.17, 15) is 9.18 Å². The Morgan fingerprint density at radius 2 is 2.29 bits per heavy atom. The molecule has 0 unspecified atom stereocenters. The van der Waals surface area contributed by atoms with Crippen LogP contribution in [0.1, 0.15) is 10.5 Å². The molecule has 17 heavy (non-hydrogen) atoms. The molecule has 0 amide bonds. The average molecular weight is 298 g/mol. The lowest BCUT2D eigenvalue weighted by Crippen LogP contribution is -2.07. The minimum Gasteiger partial charge on any atom is -0.386 e. The fourth-order valence-corrected chi connectivity index (χ4v) is 1.99. The summed E-state index contributed by atoms with van der Waals surface area (Å²) in [5.74, 6) is -0.462. The smallest absolute Gasteiger partial charge is 0.168 e. The summed E-state index contributed by atoms with van der Waals surface area (Å²) in [6, 6.07) is 4.56. The van der Waals surface area contributed by atoms with Crippen molar-refractivity contribution in [3.8, 4) is 5.69 Å². The van der Waals surface area contributed by atoms with Crippen LogP contribution >= 0.6 is 15.9 Å². The standard InChI is InChI=1S/C11H9BrFN3O/c1-14-10-5-7(12)4-9(13)11(10)16-8(6-17)2-3-15-16/h2-6,14H,1H3. The number of aromatic nitrogens is 2. The minimum absolute atomic E-state index is 0.225. The number of hydrogen-bond acceptors (Lipinski definition) is 3. The number of aldehydes is 1. The van der Waals surface area contributed by atoms with Gasteiger partial charge in [-0.2, -0.15) is 5.10 Å². The second-order valence-electron chi connectivity index (χ2n) is 3.32. The van der Waals surface area contributed by atoms with Crippen LogP contribution in [0, 0.1) is 5.82 Å². The topological polar surface area (TPSA) is 46.9 Å². The van der Waals surface area contributed by atoms with Gasteiger partial charge in [0, 0.05) is 11.5 Å². The van der Waals surface area contributed by atoms with E-state index in [0.717, 1.165) is 0 Å². The van der Waals surface area contributed by atoms with Crippen molar-refractivity contribution in [1.29, 1.82) is 0 Å². The summed E-state index contributed by atoms with van der Waals surface area (Å²) in [6.07, 6.45) is 2.08. The zero-order chi connectivity index (χ0) is 12.4. The molecular weight excluding hydrogens is 289 g/mol. The number of anilines is 1. The Bertz CT molecular complexity index is 568. The summed E-state index contributed by atoms with van der Waals surface area (Å²) in [5.41, 5.74) is 1.06. The maximum absolute atomic E-state index is 13.9. The van der Waals surface area contributed by atoms with E-state index >= 15 is 0 Å². The number of benzene rings is 1. The van der Waals surface area contributed by atoms with E-state index in [2.05, 4.69) is 26.3 Å². The van der Waals surface area contributed by atoms with Crippen LogP contribution in [0.4, 0.5) is 10.1 Å². The van der Waals surface area contributed by atoms with Crippen molar-refractivity contribution in [2.45, 2.75) is 0 Å². The van der Waals surface area contributed by atoms with Gasteiger partial charge in [0.1, 0.15) is 11.4 Å². The monoisotopic (exact) mass is 297 g/mol. The van der Waals surface area contributed by atoms with E-state index in [0.29, 0.717) is 22.1 Å². The number of halogens is 2. The number of hydrogen-bond donors (Lipinski definition) is 1. The number of nitrogens with zero attached hydrogens (tertiary/aromatic N) is 2. The van der Waals surface area contributed by atoms with Crippen LogP contribution in [0.5, 0.6) is 0 Å². The quantitative estimate of drug-likeness (QED) is 0.886. The van der Waals surface area contributed by atoms with E-state index in [1.54, 1.807) is 13.1 Å². The van der Waals surface area contributed by atoms with Crippen LogP contribution in [0.3, 0.4) is 0 Å². The molecule has 1 heterocycles. The van der Waals surface area contributed by atoms with Gasteiger partial charge in [0.2, 0.25) is 0 Å². The zero-order valence-electron chi connectivity index (χ0n) is 8.95. The summed E-state index contributed by atoms with van der Waals surface area (Å²) < 4.78 is 15.8. The molecule has 4 nitrogen and oxygen atoms in total. The van der Waals surface area contributed by atoms with Crippen molar-refractivity contribution < 1.29 is 9.18 Å². The molecule has 0 fully saturated rings. The third-order valence-corrected chi connectivity index (χ3v) is 2.76. The SMILES string of the molecule is CNc1cc(Br)cc(F)c1-n1nccc1C=O. The van der Waals surface area contributed by atoms with Gasteiger partial charge in [-0.1, -0.05) is 15.9 Å². The molecular formula is C11H9BrFN3O. The maximum atomic E-state index is 13.9. The first-order valence-electron chi connectivity index (χ1n) is 4.83. The van der Waals surface area contributed by atoms with Crippen molar-refractivity contribution in [1.82, 2.24) is 9.78 Å². The van der Waals surface area contributed by atoms with Crippen molar-refractivity contribution in [2.75, 3.05) is 12.4 Å². The van der Waals surface area contributed by atoms with Crippen LogP contribution in [-0.4, -0.2) is 23.1 Å². The zero-order valence-corrected chi connectivity index (χ0v) is 10.5. The highest BCUT2D eigenvalue weighted by atomic mass is 79.9. The first-order chi connectivity index (χ1) is 8.17. The van der Waals surface area contributed by atoms with Gasteiger partial charge in [-0.15, -0.1) is 0 Å². The van der Waals surface area contributed by atoms with Crippen molar-refractivity contribution in [3.05, 3.63) is 40.4 Å². The molecule has 1 N–H and O–H groups in total. The molecule has 0 saturated carbocycles. The van der Waals surface area contributed by atoms with Gasteiger partial charge in [-0.05, 0) is 18.2 Å². The summed E-state index contributed by atoms with van der Waals surface area (Å²) in [6.45, 7) is 0. The number of nitrogens with one attached hydrogen (secondary N) is 1. The van der Waals surface area contributed by atoms with Crippen molar-refractivity contribution in [2.24, 2.45) is 0 Å². The molecule has 2 aromatic rings. The van der Waals surface area contributed by atoms with E-state index in [4.69, 9.17) is 0 Å². The van der Waals surface area contributed by atoms with Crippen LogP contribution in [-0.2, 0) is 0 Å². The predicted octanol–water partition coefficient (Wildman–Crippen LogP) is 2.63. The Morgan fingerprint density at radius 3 is 2.94 bits per heavy atom. The van der Waals surface area contributed by atoms with Crippen molar-refractivity contribution in [3.63, 3.8) is 0 Å². The Kier molecular flexibility index (Phi) is 3.23. The van der Waals surface area contributed by atoms with Gasteiger partial charge in [-0.25, -0.2) is 9.07 Å². The Hall–Kier alpha value is -1.69. The first kappa shape index (κ1) is 11.8. The van der Waals surface area contributed by atoms with Crippen LogP contribution in [0.25, 0.3) is 5.69 Å². The van der Waals surface area contributed by atoms with E-state index in [1.807, 2.05) is 0 Å². The Morgan fingerprint density at radius 1 is 1.53 bits per heavy atom. The third kappa shape index (κ3) is 2.08. The van der Waals surface area contributed by atoms with Gasteiger partial charge < -0.3 is 5.32 Å². The second kappa shape index (κ2) is 4.67. The summed E-state index contributed by atoms with van der Waals surface area (Å²) in [4.78, 5) is 10.8. The Balaban J connectivity index is 2.70. The molecule has 0 aliphatic carbocycles. The molecule has 0 aliphatic rings. The Labute approximate surface area is 106 Å². The van der Waals surface area contributed by atoms with Crippen LogP contribution < -0.4 is 5.32 Å². The van der Waals surface area contributed by atoms with Crippen molar-refractivity contribution >= 4 is 27.9 Å². The molecule has 0 atom stereocenters. The van der Waals surface area contributed by atoms with E-state index < -0.39 is 5.82 Å². The average Bonchev–Trinajstić information content (AvgIpc) is 2.75. The molecule has 0 saturated heterocycles. The van der Waals surface area contributed by atoms with Crippen LogP contribution in [0.15, 0.2) is 28.9 Å². The summed E-state index contributed by atoms with van der Waals surface area (Å²) in [5, 5.41) is 6.82. The lowest BCUT2D eigenvalue weighted by molar-refractivity contribution is 0.111. The summed E-state index contributed by atoms with van der Waals surface area (Å²) >= 11 is 3.21. The first-order valence-corrected chi connectivity index (χ1v) is 5.63. The largest absolute Gasteiger partial charge is 0.386 e. The van der Waals surface area contributed by atoms with E-state index in [1.165, 1.54) is 23.0 Å². The summed E-state index contributed by atoms with van der Waals surface area (Å²) in [7, 11) is 1.68. The molecule has 1 aromatic heterocycles. The number of carbonyl (C=O) groups is 1. The molecule has 0 aliphatic heterocycles. The molecule has 88 valence electrons. The number of rotatable bonds is 3. The van der Waals surface area contributed by atoms with Gasteiger partial charge >= 0.3 is 0 Å². The lowest BCUT2D eigenvalue weighted by Gasteiger charge is -2.12. The highest BCUT2D eigenvalue weighted by Gasteiger charge is 2.14. The van der Waals surface area contributed by atoms with Gasteiger partial charge in [0.05, 0.1) is 11.9 Å². The molecule has 0 radical (unpaired) electrons. The maximum Gasteiger partial charge on any atom is 0.168 e. The normalized spacial score (nSPS) is 10.3.